The highest BCUT2D eigenvalue weighted by Gasteiger charge is 2.25. The van der Waals surface area contributed by atoms with Crippen molar-refractivity contribution in [2.75, 3.05) is 11.9 Å². The van der Waals surface area contributed by atoms with E-state index in [4.69, 9.17) is 14.6 Å². The fraction of sp³-hybridized carbons (Fsp3) is 0.333. The Kier molecular flexibility index (Phi) is 5.29. The van der Waals surface area contributed by atoms with Gasteiger partial charge in [-0.3, -0.25) is 14.5 Å². The van der Waals surface area contributed by atoms with Crippen LogP contribution in [0.1, 0.15) is 53.1 Å². The summed E-state index contributed by atoms with van der Waals surface area (Å²) in [5, 5.41) is 2.33. The zero-order valence-corrected chi connectivity index (χ0v) is 16.3. The van der Waals surface area contributed by atoms with Gasteiger partial charge in [0.25, 0.3) is 11.8 Å². The van der Waals surface area contributed by atoms with Crippen LogP contribution in [0.5, 0.6) is 0 Å². The molecular formula is C21H21F2N3O4. The third kappa shape index (κ3) is 3.80. The smallest absolute Gasteiger partial charge is 0.291 e. The highest BCUT2D eigenvalue weighted by molar-refractivity contribution is 6.13. The molecule has 4 rings (SSSR count). The molecule has 0 radical (unpaired) electrons. The maximum absolute atomic E-state index is 14.0. The number of anilines is 1. The minimum absolute atomic E-state index is 0.00342. The van der Waals surface area contributed by atoms with Gasteiger partial charge >= 0.3 is 0 Å². The molecule has 1 aliphatic heterocycles. The van der Waals surface area contributed by atoms with Gasteiger partial charge in [0.15, 0.2) is 17.2 Å². The van der Waals surface area contributed by atoms with Crippen molar-refractivity contribution in [1.82, 2.24) is 4.90 Å². The Morgan fingerprint density at radius 3 is 2.77 bits per heavy atom. The van der Waals surface area contributed by atoms with Crippen molar-refractivity contribution >= 4 is 28.5 Å². The number of piperidine rings is 1. The van der Waals surface area contributed by atoms with Crippen LogP contribution in [0.25, 0.3) is 11.0 Å². The van der Waals surface area contributed by atoms with Gasteiger partial charge in [0, 0.05) is 12.1 Å². The first-order chi connectivity index (χ1) is 14.3. The van der Waals surface area contributed by atoms with Gasteiger partial charge in [-0.2, -0.15) is 0 Å². The van der Waals surface area contributed by atoms with Crippen LogP contribution in [0.4, 0.5) is 14.5 Å². The van der Waals surface area contributed by atoms with Gasteiger partial charge in [-0.25, -0.2) is 8.78 Å². The predicted octanol–water partition coefficient (Wildman–Crippen LogP) is 4.03. The number of carbonyl (C=O) groups excluding carboxylic acids is 2. The molecule has 1 saturated heterocycles. The first-order valence-electron chi connectivity index (χ1n) is 9.69. The average Bonchev–Trinajstić information content (AvgIpc) is 3.29. The molecule has 158 valence electrons. The van der Waals surface area contributed by atoms with Gasteiger partial charge in [-0.1, -0.05) is 6.42 Å². The number of fused-ring (bicyclic) bond motifs is 1. The zero-order valence-electron chi connectivity index (χ0n) is 16.3. The number of furan rings is 2. The molecule has 2 aromatic heterocycles. The summed E-state index contributed by atoms with van der Waals surface area (Å²) in [6, 6.07) is 5.21. The van der Waals surface area contributed by atoms with Crippen molar-refractivity contribution in [3.63, 3.8) is 0 Å². The monoisotopic (exact) mass is 417 g/mol. The van der Waals surface area contributed by atoms with Crippen LogP contribution in [0.2, 0.25) is 0 Å². The number of halogens is 2. The second kappa shape index (κ2) is 7.91. The summed E-state index contributed by atoms with van der Waals surface area (Å²) in [7, 11) is 0. The van der Waals surface area contributed by atoms with E-state index in [9.17, 15) is 18.4 Å². The number of amides is 2. The molecule has 30 heavy (non-hydrogen) atoms. The number of primary amides is 1. The standard InChI is InChI=1S/C21H21F2N3O4/c1-11-4-2-3-7-26(11)10-13-5-6-16(29-13)21(28)25-17-14-8-12(22)9-15(23)18(14)30-19(17)20(24)27/h5-6,8-9,11H,2-4,7,10H2,1H3,(H2,24,27)(H,25,28). The van der Waals surface area contributed by atoms with Gasteiger partial charge in [0.1, 0.15) is 17.3 Å². The minimum atomic E-state index is -1.03. The van der Waals surface area contributed by atoms with Crippen LogP contribution >= 0.6 is 0 Å². The van der Waals surface area contributed by atoms with E-state index in [1.54, 1.807) is 6.07 Å². The molecule has 1 atom stereocenters. The molecule has 1 unspecified atom stereocenters. The SMILES string of the molecule is CC1CCCCN1Cc1ccc(C(=O)Nc2c(C(N)=O)oc3c(F)cc(F)cc23)o1. The molecule has 3 heterocycles. The number of nitrogens with one attached hydrogen (secondary N) is 1. The van der Waals surface area contributed by atoms with Gasteiger partial charge in [0.2, 0.25) is 5.76 Å². The van der Waals surface area contributed by atoms with Crippen molar-refractivity contribution in [3.05, 3.63) is 53.2 Å². The Morgan fingerprint density at radius 2 is 2.03 bits per heavy atom. The molecule has 0 spiro atoms. The van der Waals surface area contributed by atoms with Crippen LogP contribution in [-0.4, -0.2) is 29.3 Å². The third-order valence-electron chi connectivity index (χ3n) is 5.36. The summed E-state index contributed by atoms with van der Waals surface area (Å²) in [6.07, 6.45) is 3.44. The van der Waals surface area contributed by atoms with Crippen LogP contribution in [-0.2, 0) is 6.54 Å². The number of carbonyl (C=O) groups is 2. The maximum atomic E-state index is 14.0. The summed E-state index contributed by atoms with van der Waals surface area (Å²) in [5.41, 5.74) is 4.69. The van der Waals surface area contributed by atoms with E-state index in [-0.39, 0.29) is 22.4 Å². The summed E-state index contributed by atoms with van der Waals surface area (Å²) < 4.78 is 38.5. The highest BCUT2D eigenvalue weighted by Crippen LogP contribution is 2.33. The number of hydrogen-bond donors (Lipinski definition) is 2. The van der Waals surface area contributed by atoms with Crippen LogP contribution in [0.15, 0.2) is 33.1 Å². The number of nitrogens with two attached hydrogens (primary N) is 1. The van der Waals surface area contributed by atoms with Crippen LogP contribution < -0.4 is 11.1 Å². The predicted molar refractivity (Wildman–Crippen MR) is 105 cm³/mol. The van der Waals surface area contributed by atoms with Crippen LogP contribution in [0, 0.1) is 11.6 Å². The first kappa shape index (κ1) is 20.1. The number of benzene rings is 1. The largest absolute Gasteiger partial charge is 0.455 e. The molecule has 3 aromatic rings. The lowest BCUT2D eigenvalue weighted by atomic mass is 10.0. The van der Waals surface area contributed by atoms with E-state index in [2.05, 4.69) is 17.1 Å². The van der Waals surface area contributed by atoms with Gasteiger partial charge in [0.05, 0.1) is 11.9 Å². The van der Waals surface area contributed by atoms with Gasteiger partial charge in [-0.15, -0.1) is 0 Å². The molecule has 3 N–H and O–H groups in total. The molecule has 2 amide bonds. The molecule has 0 aliphatic carbocycles. The topological polar surface area (TPSA) is 102 Å². The number of hydrogen-bond acceptors (Lipinski definition) is 5. The zero-order chi connectivity index (χ0) is 21.4. The Morgan fingerprint density at radius 1 is 1.23 bits per heavy atom. The minimum Gasteiger partial charge on any atom is -0.455 e. The molecule has 0 saturated carbocycles. The molecule has 1 aromatic carbocycles. The van der Waals surface area contributed by atoms with Crippen molar-refractivity contribution in [3.8, 4) is 0 Å². The second-order valence-electron chi connectivity index (χ2n) is 7.47. The summed E-state index contributed by atoms with van der Waals surface area (Å²) >= 11 is 0. The van der Waals surface area contributed by atoms with Gasteiger partial charge in [-0.05, 0) is 44.5 Å². The van der Waals surface area contributed by atoms with Crippen molar-refractivity contribution < 1.29 is 27.2 Å². The first-order valence-corrected chi connectivity index (χ1v) is 9.69. The Labute approximate surface area is 170 Å². The number of rotatable bonds is 5. The molecule has 1 aliphatic rings. The summed E-state index contributed by atoms with van der Waals surface area (Å²) in [5.74, 6) is -3.47. The highest BCUT2D eigenvalue weighted by atomic mass is 19.1. The molecule has 0 bridgehead atoms. The lowest BCUT2D eigenvalue weighted by Gasteiger charge is -2.32. The average molecular weight is 417 g/mol. The fourth-order valence-corrected chi connectivity index (χ4v) is 3.78. The third-order valence-corrected chi connectivity index (χ3v) is 5.36. The van der Waals surface area contributed by atoms with Gasteiger partial charge < -0.3 is 19.9 Å². The molecule has 1 fully saturated rings. The van der Waals surface area contributed by atoms with E-state index in [0.717, 1.165) is 25.5 Å². The van der Waals surface area contributed by atoms with Crippen LogP contribution in [0.3, 0.4) is 0 Å². The fourth-order valence-electron chi connectivity index (χ4n) is 3.78. The summed E-state index contributed by atoms with van der Waals surface area (Å²) in [4.78, 5) is 26.6. The number of nitrogens with zero attached hydrogens (tertiary/aromatic N) is 1. The van der Waals surface area contributed by atoms with E-state index in [1.165, 1.54) is 12.5 Å². The quantitative estimate of drug-likeness (QED) is 0.653. The molecular weight excluding hydrogens is 396 g/mol. The molecule has 7 nitrogen and oxygen atoms in total. The summed E-state index contributed by atoms with van der Waals surface area (Å²) in [6.45, 7) is 3.69. The number of likely N-dealkylation sites (tertiary alicyclic amines) is 1. The maximum Gasteiger partial charge on any atom is 0.291 e. The van der Waals surface area contributed by atoms with Crippen molar-refractivity contribution in [2.45, 2.75) is 38.8 Å². The van der Waals surface area contributed by atoms with Crippen molar-refractivity contribution in [1.29, 1.82) is 0 Å². The van der Waals surface area contributed by atoms with E-state index in [1.807, 2.05) is 0 Å². The second-order valence-corrected chi connectivity index (χ2v) is 7.47. The Hall–Kier alpha value is -3.20. The Balaban J connectivity index is 1.58. The van der Waals surface area contributed by atoms with E-state index in [0.29, 0.717) is 24.4 Å². The Bertz CT molecular complexity index is 1120. The van der Waals surface area contributed by atoms with E-state index >= 15 is 0 Å². The molecule has 9 heteroatoms. The lowest BCUT2D eigenvalue weighted by Crippen LogP contribution is -2.36. The normalized spacial score (nSPS) is 17.4. The van der Waals surface area contributed by atoms with E-state index < -0.39 is 29.2 Å². The lowest BCUT2D eigenvalue weighted by molar-refractivity contribution is 0.0976. The van der Waals surface area contributed by atoms with Crippen molar-refractivity contribution in [2.24, 2.45) is 5.73 Å².